The topological polar surface area (TPSA) is 33.7 Å². The lowest BCUT2D eigenvalue weighted by Crippen LogP contribution is -2.36. The van der Waals surface area contributed by atoms with Gasteiger partial charge in [0.15, 0.2) is 11.5 Å². The van der Waals surface area contributed by atoms with Crippen LogP contribution >= 0.6 is 0 Å². The molecule has 122 valence electrons. The number of hydrogen-bond acceptors (Lipinski definition) is 4. The monoisotopic (exact) mass is 304 g/mol. The molecule has 4 heteroatoms. The van der Waals surface area contributed by atoms with Gasteiger partial charge in [0.05, 0.1) is 7.11 Å². The summed E-state index contributed by atoms with van der Waals surface area (Å²) in [6.45, 7) is 5.58. The summed E-state index contributed by atoms with van der Waals surface area (Å²) in [5.41, 5.74) is 1.37. The molecule has 22 heavy (non-hydrogen) atoms. The number of methoxy groups -OCH3 is 1. The minimum absolute atomic E-state index is 0.0666. The predicted octanol–water partition coefficient (Wildman–Crippen LogP) is 2.77. The Hall–Kier alpha value is -1.26. The van der Waals surface area contributed by atoms with Crippen molar-refractivity contribution in [2.75, 3.05) is 33.8 Å². The molecular formula is C18H28N2O2. The lowest BCUT2D eigenvalue weighted by atomic mass is 9.90. The van der Waals surface area contributed by atoms with E-state index in [9.17, 15) is 0 Å². The second kappa shape index (κ2) is 6.47. The molecule has 0 amide bonds. The van der Waals surface area contributed by atoms with Gasteiger partial charge in [-0.3, -0.25) is 0 Å². The molecule has 0 aliphatic carbocycles. The molecule has 1 atom stereocenters. The van der Waals surface area contributed by atoms with Gasteiger partial charge in [-0.05, 0) is 63.9 Å². The van der Waals surface area contributed by atoms with Crippen LogP contribution in [0.25, 0.3) is 0 Å². The largest absolute Gasteiger partial charge is 0.493 e. The average molecular weight is 304 g/mol. The van der Waals surface area contributed by atoms with E-state index in [1.165, 1.54) is 18.4 Å². The molecule has 0 radical (unpaired) electrons. The molecule has 0 spiro atoms. The zero-order chi connectivity index (χ0) is 15.6. The maximum absolute atomic E-state index is 6.29. The Morgan fingerprint density at radius 1 is 1.23 bits per heavy atom. The molecule has 2 aliphatic rings. The third-order valence-electron chi connectivity index (χ3n) is 5.13. The van der Waals surface area contributed by atoms with Crippen molar-refractivity contribution in [2.45, 2.75) is 44.2 Å². The first-order valence-corrected chi connectivity index (χ1v) is 8.39. The van der Waals surface area contributed by atoms with Crippen LogP contribution in [0.4, 0.5) is 0 Å². The minimum atomic E-state index is 0.0666. The molecule has 2 saturated heterocycles. The molecule has 1 N–H and O–H groups in total. The predicted molar refractivity (Wildman–Crippen MR) is 88.7 cm³/mol. The summed E-state index contributed by atoms with van der Waals surface area (Å²) in [5.74, 6) is 1.73. The highest BCUT2D eigenvalue weighted by Gasteiger charge is 2.31. The van der Waals surface area contributed by atoms with Gasteiger partial charge >= 0.3 is 0 Å². The third kappa shape index (κ3) is 3.23. The Bertz CT molecular complexity index is 504. The summed E-state index contributed by atoms with van der Waals surface area (Å²) in [4.78, 5) is 2.36. The summed E-state index contributed by atoms with van der Waals surface area (Å²) in [5, 5.41) is 3.62. The van der Waals surface area contributed by atoms with E-state index in [0.29, 0.717) is 6.10 Å². The van der Waals surface area contributed by atoms with Crippen LogP contribution in [0.15, 0.2) is 18.2 Å². The second-order valence-electron chi connectivity index (χ2n) is 6.85. The zero-order valence-electron chi connectivity index (χ0n) is 14.0. The molecule has 2 heterocycles. The van der Waals surface area contributed by atoms with E-state index in [2.05, 4.69) is 36.3 Å². The first-order valence-electron chi connectivity index (χ1n) is 8.39. The highest BCUT2D eigenvalue weighted by Crippen LogP contribution is 2.37. The highest BCUT2D eigenvalue weighted by molar-refractivity contribution is 5.45. The summed E-state index contributed by atoms with van der Waals surface area (Å²) in [6.07, 6.45) is 4.86. The molecule has 2 fully saturated rings. The van der Waals surface area contributed by atoms with Crippen molar-refractivity contribution < 1.29 is 9.47 Å². The van der Waals surface area contributed by atoms with Gasteiger partial charge in [0.2, 0.25) is 0 Å². The van der Waals surface area contributed by atoms with Gasteiger partial charge < -0.3 is 19.7 Å². The van der Waals surface area contributed by atoms with E-state index in [1.54, 1.807) is 7.11 Å². The summed E-state index contributed by atoms with van der Waals surface area (Å²) in [7, 11) is 3.88. The Labute approximate surface area is 133 Å². The van der Waals surface area contributed by atoms with Crippen molar-refractivity contribution in [1.29, 1.82) is 0 Å². The SMILES string of the molecule is COc1ccc(C2(C)CCCN2)cc1OC1CCN(C)CC1. The lowest BCUT2D eigenvalue weighted by Gasteiger charge is -2.31. The van der Waals surface area contributed by atoms with Crippen molar-refractivity contribution in [3.8, 4) is 11.5 Å². The van der Waals surface area contributed by atoms with Crippen LogP contribution in [-0.4, -0.2) is 44.8 Å². The standard InChI is InChI=1S/C18H28N2O2/c1-18(9-4-10-19-18)14-5-6-16(21-3)17(13-14)22-15-7-11-20(2)12-8-15/h5-6,13,15,19H,4,7-12H2,1-3H3. The molecular weight excluding hydrogens is 276 g/mol. The number of ether oxygens (including phenoxy) is 2. The Morgan fingerprint density at radius 3 is 2.64 bits per heavy atom. The Morgan fingerprint density at radius 2 is 2.00 bits per heavy atom. The molecule has 0 bridgehead atoms. The quantitative estimate of drug-likeness (QED) is 0.927. The van der Waals surface area contributed by atoms with Crippen LogP contribution in [0.2, 0.25) is 0 Å². The summed E-state index contributed by atoms with van der Waals surface area (Å²) < 4.78 is 11.8. The number of piperidine rings is 1. The smallest absolute Gasteiger partial charge is 0.161 e. The molecule has 1 aromatic rings. The van der Waals surface area contributed by atoms with E-state index in [1.807, 2.05) is 6.07 Å². The number of benzene rings is 1. The molecule has 0 aromatic heterocycles. The van der Waals surface area contributed by atoms with Gasteiger partial charge in [-0.25, -0.2) is 0 Å². The van der Waals surface area contributed by atoms with Crippen molar-refractivity contribution in [1.82, 2.24) is 10.2 Å². The summed E-state index contributed by atoms with van der Waals surface area (Å²) in [6, 6.07) is 6.39. The molecule has 4 nitrogen and oxygen atoms in total. The fraction of sp³-hybridized carbons (Fsp3) is 0.667. The third-order valence-corrected chi connectivity index (χ3v) is 5.13. The zero-order valence-corrected chi connectivity index (χ0v) is 14.0. The Balaban J connectivity index is 1.79. The van der Waals surface area contributed by atoms with Crippen molar-refractivity contribution in [3.63, 3.8) is 0 Å². The first-order chi connectivity index (χ1) is 10.6. The van der Waals surface area contributed by atoms with Gasteiger partial charge in [-0.1, -0.05) is 6.07 Å². The minimum Gasteiger partial charge on any atom is -0.493 e. The van der Waals surface area contributed by atoms with E-state index in [4.69, 9.17) is 9.47 Å². The fourth-order valence-corrected chi connectivity index (χ4v) is 3.54. The van der Waals surface area contributed by atoms with Gasteiger partial charge in [0, 0.05) is 18.6 Å². The van der Waals surface area contributed by atoms with Crippen LogP contribution in [0.3, 0.4) is 0 Å². The first kappa shape index (κ1) is 15.6. The summed E-state index contributed by atoms with van der Waals surface area (Å²) >= 11 is 0. The van der Waals surface area contributed by atoms with Crippen molar-refractivity contribution >= 4 is 0 Å². The number of hydrogen-bond donors (Lipinski definition) is 1. The van der Waals surface area contributed by atoms with Crippen molar-refractivity contribution in [3.05, 3.63) is 23.8 Å². The van der Waals surface area contributed by atoms with Crippen LogP contribution in [-0.2, 0) is 5.54 Å². The van der Waals surface area contributed by atoms with Gasteiger partial charge in [0.1, 0.15) is 6.10 Å². The Kier molecular flexibility index (Phi) is 4.59. The van der Waals surface area contributed by atoms with Crippen LogP contribution in [0.1, 0.15) is 38.2 Å². The second-order valence-corrected chi connectivity index (χ2v) is 6.85. The van der Waals surface area contributed by atoms with Crippen LogP contribution < -0.4 is 14.8 Å². The molecule has 0 saturated carbocycles. The van der Waals surface area contributed by atoms with E-state index < -0.39 is 0 Å². The van der Waals surface area contributed by atoms with E-state index >= 15 is 0 Å². The normalized spacial score (nSPS) is 27.0. The molecule has 1 aromatic carbocycles. The van der Waals surface area contributed by atoms with Gasteiger partial charge in [0.25, 0.3) is 0 Å². The average Bonchev–Trinajstić information content (AvgIpc) is 2.97. The van der Waals surface area contributed by atoms with Gasteiger partial charge in [-0.2, -0.15) is 0 Å². The number of rotatable bonds is 4. The van der Waals surface area contributed by atoms with E-state index in [0.717, 1.165) is 44.0 Å². The molecule has 2 aliphatic heterocycles. The number of nitrogens with one attached hydrogen (secondary N) is 1. The molecule has 3 rings (SSSR count). The maximum atomic E-state index is 6.29. The van der Waals surface area contributed by atoms with Crippen LogP contribution in [0.5, 0.6) is 11.5 Å². The van der Waals surface area contributed by atoms with Crippen LogP contribution in [0, 0.1) is 0 Å². The number of nitrogens with zero attached hydrogens (tertiary/aromatic N) is 1. The van der Waals surface area contributed by atoms with E-state index in [-0.39, 0.29) is 5.54 Å². The maximum Gasteiger partial charge on any atom is 0.161 e. The number of likely N-dealkylation sites (tertiary alicyclic amines) is 1. The lowest BCUT2D eigenvalue weighted by molar-refractivity contribution is 0.111. The van der Waals surface area contributed by atoms with Crippen molar-refractivity contribution in [2.24, 2.45) is 0 Å². The highest BCUT2D eigenvalue weighted by atomic mass is 16.5. The van der Waals surface area contributed by atoms with Gasteiger partial charge in [-0.15, -0.1) is 0 Å². The fourth-order valence-electron chi connectivity index (χ4n) is 3.54. The molecule has 1 unspecified atom stereocenters.